The van der Waals surface area contributed by atoms with Crippen LogP contribution in [0.2, 0.25) is 0 Å². The van der Waals surface area contributed by atoms with Crippen molar-refractivity contribution in [2.75, 3.05) is 24.1 Å². The minimum absolute atomic E-state index is 0.133. The van der Waals surface area contributed by atoms with Gasteiger partial charge in [-0.3, -0.25) is 4.72 Å². The molecule has 1 aliphatic heterocycles. The fourth-order valence-corrected chi connectivity index (χ4v) is 4.15. The lowest BCUT2D eigenvalue weighted by atomic mass is 10.0. The van der Waals surface area contributed by atoms with Crippen LogP contribution in [0.25, 0.3) is 0 Å². The number of benzene rings is 1. The fraction of sp³-hybridized carbons (Fsp3) is 0.571. The molecule has 5 nitrogen and oxygen atoms in total. The van der Waals surface area contributed by atoms with Crippen LogP contribution in [-0.2, 0) is 10.0 Å². The Bertz CT molecular complexity index is 572. The molecule has 1 saturated heterocycles. The molecule has 1 heterocycles. The van der Waals surface area contributed by atoms with Crippen molar-refractivity contribution >= 4 is 31.6 Å². The summed E-state index contributed by atoms with van der Waals surface area (Å²) in [6.07, 6.45) is 4.06. The number of methoxy groups -OCH3 is 1. The fourth-order valence-electron chi connectivity index (χ4n) is 2.43. The quantitative estimate of drug-likeness (QED) is 0.800. The van der Waals surface area contributed by atoms with Gasteiger partial charge in [0.2, 0.25) is 10.0 Å². The molecule has 2 rings (SSSR count). The lowest BCUT2D eigenvalue weighted by molar-refractivity contribution is 0.393. The molecule has 7 heteroatoms. The van der Waals surface area contributed by atoms with Crippen LogP contribution in [0.3, 0.4) is 0 Å². The summed E-state index contributed by atoms with van der Waals surface area (Å²) in [5.41, 5.74) is 0.541. The van der Waals surface area contributed by atoms with Crippen molar-refractivity contribution in [3.63, 3.8) is 0 Å². The average Bonchev–Trinajstić information content (AvgIpc) is 2.46. The lowest BCUT2D eigenvalue weighted by Crippen LogP contribution is -2.36. The highest BCUT2D eigenvalue weighted by atomic mass is 79.9. The van der Waals surface area contributed by atoms with E-state index < -0.39 is 10.0 Å². The zero-order chi connectivity index (χ0) is 15.3. The first-order chi connectivity index (χ1) is 10.00. The van der Waals surface area contributed by atoms with Gasteiger partial charge in [0.15, 0.2) is 0 Å². The molecule has 0 aromatic heterocycles. The Balaban J connectivity index is 1.92. The van der Waals surface area contributed by atoms with Crippen molar-refractivity contribution in [3.05, 3.63) is 22.7 Å². The van der Waals surface area contributed by atoms with E-state index in [1.807, 2.05) is 0 Å². The van der Waals surface area contributed by atoms with Crippen molar-refractivity contribution in [2.24, 2.45) is 0 Å². The van der Waals surface area contributed by atoms with Gasteiger partial charge in [-0.2, -0.15) is 0 Å². The summed E-state index contributed by atoms with van der Waals surface area (Å²) in [4.78, 5) is 0. The number of ether oxygens (including phenoxy) is 1. The van der Waals surface area contributed by atoms with Gasteiger partial charge in [0, 0.05) is 11.7 Å². The molecule has 0 bridgehead atoms. The Kier molecular flexibility index (Phi) is 5.89. The highest BCUT2D eigenvalue weighted by Crippen LogP contribution is 2.28. The molecular weight excluding hydrogens is 356 g/mol. The molecule has 0 spiro atoms. The predicted molar refractivity (Wildman–Crippen MR) is 88.4 cm³/mol. The molecule has 1 aromatic carbocycles. The topological polar surface area (TPSA) is 67.4 Å². The average molecular weight is 377 g/mol. The van der Waals surface area contributed by atoms with E-state index in [0.717, 1.165) is 17.4 Å². The summed E-state index contributed by atoms with van der Waals surface area (Å²) in [7, 11) is -1.75. The van der Waals surface area contributed by atoms with E-state index in [-0.39, 0.29) is 5.75 Å². The smallest absolute Gasteiger partial charge is 0.232 e. The van der Waals surface area contributed by atoms with Gasteiger partial charge in [-0.25, -0.2) is 8.42 Å². The van der Waals surface area contributed by atoms with Gasteiger partial charge in [0.25, 0.3) is 0 Å². The van der Waals surface area contributed by atoms with E-state index in [2.05, 4.69) is 26.0 Å². The SMILES string of the molecule is COc1ccc(NS(=O)(=O)CCC2CCCCN2)cc1Br. The van der Waals surface area contributed by atoms with Crippen molar-refractivity contribution in [1.29, 1.82) is 0 Å². The second-order valence-electron chi connectivity index (χ2n) is 5.21. The van der Waals surface area contributed by atoms with Crippen molar-refractivity contribution < 1.29 is 13.2 Å². The Hall–Kier alpha value is -0.790. The molecule has 0 radical (unpaired) electrons. The first-order valence-corrected chi connectivity index (χ1v) is 9.52. The van der Waals surface area contributed by atoms with E-state index >= 15 is 0 Å². The minimum Gasteiger partial charge on any atom is -0.496 e. The van der Waals surface area contributed by atoms with Gasteiger partial charge >= 0.3 is 0 Å². The van der Waals surface area contributed by atoms with Crippen LogP contribution in [0.1, 0.15) is 25.7 Å². The predicted octanol–water partition coefficient (Wildman–Crippen LogP) is 2.73. The van der Waals surface area contributed by atoms with Gasteiger partial charge in [-0.1, -0.05) is 6.42 Å². The Morgan fingerprint density at radius 1 is 1.43 bits per heavy atom. The number of anilines is 1. The number of rotatable bonds is 6. The lowest BCUT2D eigenvalue weighted by Gasteiger charge is -2.23. The maximum absolute atomic E-state index is 12.1. The van der Waals surface area contributed by atoms with Gasteiger partial charge in [-0.05, 0) is 59.9 Å². The van der Waals surface area contributed by atoms with Gasteiger partial charge in [0.05, 0.1) is 17.3 Å². The van der Waals surface area contributed by atoms with Crippen molar-refractivity contribution in [2.45, 2.75) is 31.7 Å². The molecule has 1 fully saturated rings. The number of hydrogen-bond donors (Lipinski definition) is 2. The third-order valence-corrected chi connectivity index (χ3v) is 5.51. The molecule has 0 aliphatic carbocycles. The first kappa shape index (κ1) is 16.6. The number of nitrogens with one attached hydrogen (secondary N) is 2. The molecule has 21 heavy (non-hydrogen) atoms. The van der Waals surface area contributed by atoms with Crippen LogP contribution in [0.5, 0.6) is 5.75 Å². The first-order valence-electron chi connectivity index (χ1n) is 7.07. The number of piperidine rings is 1. The van der Waals surface area contributed by atoms with Crippen LogP contribution >= 0.6 is 15.9 Å². The highest BCUT2D eigenvalue weighted by molar-refractivity contribution is 9.10. The van der Waals surface area contributed by atoms with E-state index in [4.69, 9.17) is 4.74 Å². The van der Waals surface area contributed by atoms with Gasteiger partial charge in [-0.15, -0.1) is 0 Å². The second-order valence-corrected chi connectivity index (χ2v) is 7.90. The van der Waals surface area contributed by atoms with E-state index in [0.29, 0.717) is 23.9 Å². The van der Waals surface area contributed by atoms with E-state index in [9.17, 15) is 8.42 Å². The largest absolute Gasteiger partial charge is 0.496 e. The zero-order valence-corrected chi connectivity index (χ0v) is 14.5. The zero-order valence-electron chi connectivity index (χ0n) is 12.1. The molecular formula is C14H21BrN2O3S. The molecule has 118 valence electrons. The summed E-state index contributed by atoms with van der Waals surface area (Å²) in [5, 5.41) is 3.36. The summed E-state index contributed by atoms with van der Waals surface area (Å²) in [5.74, 6) is 0.804. The molecule has 2 N–H and O–H groups in total. The Morgan fingerprint density at radius 2 is 2.24 bits per heavy atom. The van der Waals surface area contributed by atoms with E-state index in [1.165, 1.54) is 12.8 Å². The number of halogens is 1. The minimum atomic E-state index is -3.32. The van der Waals surface area contributed by atoms with Crippen LogP contribution in [0, 0.1) is 0 Å². The van der Waals surface area contributed by atoms with Crippen LogP contribution < -0.4 is 14.8 Å². The highest BCUT2D eigenvalue weighted by Gasteiger charge is 2.17. The van der Waals surface area contributed by atoms with Crippen LogP contribution in [0.4, 0.5) is 5.69 Å². The molecule has 0 saturated carbocycles. The number of sulfonamides is 1. The van der Waals surface area contributed by atoms with E-state index in [1.54, 1.807) is 25.3 Å². The summed E-state index contributed by atoms with van der Waals surface area (Å²) < 4.78 is 32.7. The Morgan fingerprint density at radius 3 is 2.86 bits per heavy atom. The molecule has 1 aromatic rings. The molecule has 0 amide bonds. The second kappa shape index (κ2) is 7.47. The van der Waals surface area contributed by atoms with Crippen LogP contribution in [-0.4, -0.2) is 33.9 Å². The number of hydrogen-bond acceptors (Lipinski definition) is 4. The molecule has 1 unspecified atom stereocenters. The van der Waals surface area contributed by atoms with Crippen LogP contribution in [0.15, 0.2) is 22.7 Å². The summed E-state index contributed by atoms with van der Waals surface area (Å²) in [6, 6.07) is 5.44. The Labute approximate surface area is 134 Å². The standard InChI is InChI=1S/C14H21BrN2O3S/c1-20-14-6-5-12(10-13(14)15)17-21(18,19)9-7-11-4-2-3-8-16-11/h5-6,10-11,16-17H,2-4,7-9H2,1H3. The maximum Gasteiger partial charge on any atom is 0.232 e. The van der Waals surface area contributed by atoms with Crippen molar-refractivity contribution in [3.8, 4) is 5.75 Å². The molecule has 1 atom stereocenters. The normalized spacial score (nSPS) is 19.2. The molecule has 1 aliphatic rings. The third kappa shape index (κ3) is 5.16. The maximum atomic E-state index is 12.1. The third-order valence-electron chi connectivity index (χ3n) is 3.57. The summed E-state index contributed by atoms with van der Waals surface area (Å²) >= 11 is 3.35. The monoisotopic (exact) mass is 376 g/mol. The van der Waals surface area contributed by atoms with Gasteiger partial charge in [0.1, 0.15) is 5.75 Å². The van der Waals surface area contributed by atoms with Crippen molar-refractivity contribution in [1.82, 2.24) is 5.32 Å². The van der Waals surface area contributed by atoms with Gasteiger partial charge < -0.3 is 10.1 Å². The summed E-state index contributed by atoms with van der Waals surface area (Å²) in [6.45, 7) is 0.990.